The summed E-state index contributed by atoms with van der Waals surface area (Å²) < 4.78 is 5.26. The van der Waals surface area contributed by atoms with Gasteiger partial charge in [0.25, 0.3) is 0 Å². The first-order chi connectivity index (χ1) is 9.19. The molecule has 0 bridgehead atoms. The number of terminal acetylenes is 1. The second kappa shape index (κ2) is 4.40. The summed E-state index contributed by atoms with van der Waals surface area (Å²) in [7, 11) is 0. The highest BCUT2D eigenvalue weighted by Crippen LogP contribution is 2.33. The van der Waals surface area contributed by atoms with Gasteiger partial charge in [0.2, 0.25) is 0 Å². The number of aliphatic imine (C=N–C) groups is 1. The number of likely N-dealkylation sites (tertiary alicyclic amines) is 1. The highest BCUT2D eigenvalue weighted by Gasteiger charge is 2.58. The van der Waals surface area contributed by atoms with E-state index in [0.717, 1.165) is 0 Å². The van der Waals surface area contributed by atoms with E-state index in [1.165, 1.54) is 9.80 Å². The first kappa shape index (κ1) is 14.2. The number of amides is 3. The average Bonchev–Trinajstić information content (AvgIpc) is 2.46. The molecule has 3 amide bonds. The minimum Gasteiger partial charge on any atom is -0.444 e. The monoisotopic (exact) mass is 278 g/mol. The summed E-state index contributed by atoms with van der Waals surface area (Å²) in [4.78, 5) is 30.3. The zero-order valence-electron chi connectivity index (χ0n) is 11.8. The van der Waals surface area contributed by atoms with Gasteiger partial charge in [-0.3, -0.25) is 4.90 Å². The van der Waals surface area contributed by atoms with Crippen molar-refractivity contribution in [3.8, 4) is 12.3 Å². The van der Waals surface area contributed by atoms with Crippen LogP contribution in [0.3, 0.4) is 0 Å². The molecular weight excluding hydrogens is 260 g/mol. The van der Waals surface area contributed by atoms with Crippen molar-refractivity contribution in [1.29, 1.82) is 0 Å². The average molecular weight is 278 g/mol. The molecule has 7 heteroatoms. The van der Waals surface area contributed by atoms with Crippen LogP contribution in [-0.4, -0.2) is 58.5 Å². The van der Waals surface area contributed by atoms with Crippen LogP contribution in [0.15, 0.2) is 4.99 Å². The lowest BCUT2D eigenvalue weighted by Crippen LogP contribution is -2.74. The smallest absolute Gasteiger partial charge is 0.410 e. The van der Waals surface area contributed by atoms with E-state index in [-0.39, 0.29) is 25.5 Å². The molecule has 0 aromatic carbocycles. The first-order valence-electron chi connectivity index (χ1n) is 6.27. The number of ether oxygens (including phenoxy) is 1. The van der Waals surface area contributed by atoms with Crippen molar-refractivity contribution in [2.24, 2.45) is 10.7 Å². The molecule has 0 aliphatic carbocycles. The molecule has 20 heavy (non-hydrogen) atoms. The molecule has 2 aliphatic heterocycles. The summed E-state index contributed by atoms with van der Waals surface area (Å²) >= 11 is 0. The number of hydrogen-bond acceptors (Lipinski definition) is 4. The lowest BCUT2D eigenvalue weighted by molar-refractivity contribution is -0.0187. The van der Waals surface area contributed by atoms with Gasteiger partial charge in [-0.2, -0.15) is 4.99 Å². The third-order valence-corrected chi connectivity index (χ3v) is 3.25. The summed E-state index contributed by atoms with van der Waals surface area (Å²) in [5.41, 5.74) is 4.49. The molecule has 0 saturated carbocycles. The number of urea groups is 1. The normalized spacial score (nSPS) is 20.5. The second-order valence-electron chi connectivity index (χ2n) is 5.94. The molecule has 7 nitrogen and oxygen atoms in total. The number of rotatable bonds is 1. The van der Waals surface area contributed by atoms with Crippen molar-refractivity contribution in [2.75, 3.05) is 19.6 Å². The topological polar surface area (TPSA) is 88.2 Å². The van der Waals surface area contributed by atoms with Crippen LogP contribution in [0.2, 0.25) is 0 Å². The van der Waals surface area contributed by atoms with Crippen LogP contribution >= 0.6 is 0 Å². The number of nitrogens with zero attached hydrogens (tertiary/aromatic N) is 3. The van der Waals surface area contributed by atoms with E-state index in [4.69, 9.17) is 16.9 Å². The fraction of sp³-hybridized carbons (Fsp3) is 0.615. The number of amidine groups is 1. The van der Waals surface area contributed by atoms with Crippen LogP contribution in [0.4, 0.5) is 9.59 Å². The molecule has 0 aromatic heterocycles. The molecule has 0 unspecified atom stereocenters. The maximum Gasteiger partial charge on any atom is 0.410 e. The van der Waals surface area contributed by atoms with E-state index >= 15 is 0 Å². The molecule has 108 valence electrons. The van der Waals surface area contributed by atoms with Crippen LogP contribution in [0.1, 0.15) is 20.8 Å². The summed E-state index contributed by atoms with van der Waals surface area (Å²) in [5.74, 6) is 2.61. The minimum atomic E-state index is -0.764. The molecule has 0 atom stereocenters. The number of carbonyl (C=O) groups excluding carboxylic acids is 2. The molecule has 2 heterocycles. The Morgan fingerprint density at radius 2 is 2.15 bits per heavy atom. The van der Waals surface area contributed by atoms with Crippen LogP contribution in [-0.2, 0) is 4.74 Å². The maximum atomic E-state index is 11.9. The SMILES string of the molecule is C#CCN1C(=O)N=C(N)C12CN(C(=O)OC(C)(C)C)C2. The van der Waals surface area contributed by atoms with E-state index in [1.807, 2.05) is 0 Å². The summed E-state index contributed by atoms with van der Waals surface area (Å²) in [6.07, 6.45) is 4.82. The van der Waals surface area contributed by atoms with Crippen LogP contribution in [0, 0.1) is 12.3 Å². The highest BCUT2D eigenvalue weighted by atomic mass is 16.6. The summed E-state index contributed by atoms with van der Waals surface area (Å²) in [6, 6.07) is -0.454. The number of hydrogen-bond donors (Lipinski definition) is 1. The van der Waals surface area contributed by atoms with Gasteiger partial charge in [-0.1, -0.05) is 5.92 Å². The van der Waals surface area contributed by atoms with E-state index in [2.05, 4.69) is 10.9 Å². The Bertz CT molecular complexity index is 521. The second-order valence-corrected chi connectivity index (χ2v) is 5.94. The fourth-order valence-electron chi connectivity index (χ4n) is 2.27. The summed E-state index contributed by atoms with van der Waals surface area (Å²) in [6.45, 7) is 6.00. The van der Waals surface area contributed by atoms with Crippen molar-refractivity contribution in [1.82, 2.24) is 9.80 Å². The van der Waals surface area contributed by atoms with Crippen molar-refractivity contribution in [2.45, 2.75) is 31.9 Å². The van der Waals surface area contributed by atoms with E-state index in [9.17, 15) is 9.59 Å². The fourth-order valence-corrected chi connectivity index (χ4v) is 2.27. The molecule has 2 N–H and O–H groups in total. The van der Waals surface area contributed by atoms with Gasteiger partial charge in [-0.25, -0.2) is 9.59 Å². The lowest BCUT2D eigenvalue weighted by Gasteiger charge is -2.50. The number of nitrogens with two attached hydrogens (primary N) is 1. The lowest BCUT2D eigenvalue weighted by atomic mass is 9.88. The van der Waals surface area contributed by atoms with Gasteiger partial charge in [0, 0.05) is 0 Å². The highest BCUT2D eigenvalue weighted by molar-refractivity contribution is 6.07. The van der Waals surface area contributed by atoms with Gasteiger partial charge in [-0.05, 0) is 20.8 Å². The van der Waals surface area contributed by atoms with Gasteiger partial charge in [0.15, 0.2) is 0 Å². The third-order valence-electron chi connectivity index (χ3n) is 3.25. The van der Waals surface area contributed by atoms with Gasteiger partial charge in [-0.15, -0.1) is 6.42 Å². The number of carbonyl (C=O) groups is 2. The maximum absolute atomic E-state index is 11.9. The van der Waals surface area contributed by atoms with Crippen molar-refractivity contribution >= 4 is 18.0 Å². The van der Waals surface area contributed by atoms with Crippen LogP contribution in [0.25, 0.3) is 0 Å². The Hall–Kier alpha value is -2.23. The summed E-state index contributed by atoms with van der Waals surface area (Å²) in [5, 5.41) is 0. The molecule has 1 fully saturated rings. The quantitative estimate of drug-likeness (QED) is 0.703. The van der Waals surface area contributed by atoms with Gasteiger partial charge in [0.05, 0.1) is 19.6 Å². The Kier molecular flexibility index (Phi) is 3.12. The molecule has 2 rings (SSSR count). The predicted octanol–water partition coefficient (Wildman–Crippen LogP) is 0.402. The molecule has 0 aromatic rings. The Morgan fingerprint density at radius 3 is 2.65 bits per heavy atom. The van der Waals surface area contributed by atoms with Gasteiger partial charge >= 0.3 is 12.1 Å². The molecular formula is C13H18N4O3. The Balaban J connectivity index is 2.07. The zero-order valence-corrected chi connectivity index (χ0v) is 11.8. The standard InChI is InChI=1S/C13H18N4O3/c1-5-6-17-10(18)15-9(14)13(17)7-16(8-13)11(19)20-12(2,3)4/h1H,6-8H2,2-4H3,(H2,14,15,18). The van der Waals surface area contributed by atoms with Gasteiger partial charge in [0.1, 0.15) is 17.0 Å². The van der Waals surface area contributed by atoms with Crippen molar-refractivity contribution < 1.29 is 14.3 Å². The zero-order chi connectivity index (χ0) is 15.1. The molecule has 1 spiro atoms. The largest absolute Gasteiger partial charge is 0.444 e. The van der Waals surface area contributed by atoms with Crippen LogP contribution < -0.4 is 5.73 Å². The van der Waals surface area contributed by atoms with Crippen LogP contribution in [0.5, 0.6) is 0 Å². The third kappa shape index (κ3) is 2.18. The minimum absolute atomic E-state index is 0.116. The Morgan fingerprint density at radius 1 is 1.55 bits per heavy atom. The van der Waals surface area contributed by atoms with E-state index in [0.29, 0.717) is 0 Å². The molecule has 1 saturated heterocycles. The first-order valence-corrected chi connectivity index (χ1v) is 6.27. The van der Waals surface area contributed by atoms with E-state index < -0.39 is 23.3 Å². The Labute approximate surface area is 117 Å². The van der Waals surface area contributed by atoms with E-state index in [1.54, 1.807) is 20.8 Å². The van der Waals surface area contributed by atoms with Gasteiger partial charge < -0.3 is 15.4 Å². The molecule has 0 radical (unpaired) electrons. The van der Waals surface area contributed by atoms with Crippen molar-refractivity contribution in [3.63, 3.8) is 0 Å². The predicted molar refractivity (Wildman–Crippen MR) is 73.1 cm³/mol. The van der Waals surface area contributed by atoms with Crippen molar-refractivity contribution in [3.05, 3.63) is 0 Å². The molecule has 2 aliphatic rings.